The molecular formula is C25H22Cl3N5OS. The van der Waals surface area contributed by atoms with E-state index in [0.29, 0.717) is 37.5 Å². The van der Waals surface area contributed by atoms with Crippen molar-refractivity contribution in [3.8, 4) is 5.69 Å². The molecule has 0 saturated heterocycles. The van der Waals surface area contributed by atoms with Gasteiger partial charge in [0.1, 0.15) is 0 Å². The maximum atomic E-state index is 12.8. The van der Waals surface area contributed by atoms with Crippen LogP contribution in [-0.4, -0.2) is 20.8 Å². The zero-order chi connectivity index (χ0) is 24.9. The number of halogens is 3. The van der Waals surface area contributed by atoms with E-state index in [9.17, 15) is 4.79 Å². The second-order valence-electron chi connectivity index (χ2n) is 7.80. The molecule has 1 unspecified atom stereocenters. The van der Waals surface area contributed by atoms with Gasteiger partial charge in [0.15, 0.2) is 11.0 Å². The monoisotopic (exact) mass is 545 g/mol. The number of aryl methyl sites for hydroxylation is 1. The Kier molecular flexibility index (Phi) is 8.23. The Labute approximate surface area is 223 Å². The lowest BCUT2D eigenvalue weighted by Crippen LogP contribution is -2.32. The minimum absolute atomic E-state index is 0.340. The topological polar surface area (TPSA) is 71.8 Å². The molecule has 0 bridgehead atoms. The predicted molar refractivity (Wildman–Crippen MR) is 144 cm³/mol. The average Bonchev–Trinajstić information content (AvgIpc) is 3.26. The number of hydrogen-bond acceptors (Lipinski definition) is 4. The number of carbonyl (C=O) groups excluding carboxylic acids is 1. The van der Waals surface area contributed by atoms with E-state index in [4.69, 9.17) is 34.8 Å². The average molecular weight is 547 g/mol. The summed E-state index contributed by atoms with van der Waals surface area (Å²) in [5, 5.41) is 16.5. The van der Waals surface area contributed by atoms with Crippen molar-refractivity contribution in [1.82, 2.24) is 20.1 Å². The van der Waals surface area contributed by atoms with Crippen molar-refractivity contribution in [3.05, 3.63) is 98.7 Å². The number of aromatic nitrogens is 3. The summed E-state index contributed by atoms with van der Waals surface area (Å²) < 4.78 is 1.93. The molecule has 1 atom stereocenters. The minimum atomic E-state index is -0.492. The summed E-state index contributed by atoms with van der Waals surface area (Å²) in [5.41, 5.74) is 3.35. The van der Waals surface area contributed by atoms with Crippen molar-refractivity contribution in [2.75, 3.05) is 5.32 Å². The van der Waals surface area contributed by atoms with Crippen LogP contribution >= 0.6 is 46.6 Å². The molecule has 4 rings (SSSR count). The fraction of sp³-hybridized carbons (Fsp3) is 0.160. The number of benzene rings is 3. The Morgan fingerprint density at radius 2 is 1.71 bits per heavy atom. The highest BCUT2D eigenvalue weighted by molar-refractivity contribution is 7.98. The number of hydrogen-bond donors (Lipinski definition) is 2. The van der Waals surface area contributed by atoms with Crippen LogP contribution in [0.15, 0.2) is 71.9 Å². The lowest BCUT2D eigenvalue weighted by molar-refractivity contribution is 0.249. The molecule has 0 spiro atoms. The molecule has 4 aromatic rings. The molecule has 0 radical (unpaired) electrons. The van der Waals surface area contributed by atoms with E-state index in [1.54, 1.807) is 30.0 Å². The van der Waals surface area contributed by atoms with Crippen molar-refractivity contribution in [2.45, 2.75) is 30.8 Å². The van der Waals surface area contributed by atoms with Crippen LogP contribution in [0.5, 0.6) is 0 Å². The molecule has 0 aliphatic rings. The molecule has 0 saturated carbocycles. The third-order valence-electron chi connectivity index (χ3n) is 5.22. The number of anilines is 1. The van der Waals surface area contributed by atoms with E-state index in [2.05, 4.69) is 33.0 Å². The van der Waals surface area contributed by atoms with Gasteiger partial charge in [-0.2, -0.15) is 0 Å². The Bertz CT molecular complexity index is 1330. The Balaban J connectivity index is 1.62. The first kappa shape index (κ1) is 25.4. The number of rotatable bonds is 7. The molecule has 10 heteroatoms. The molecule has 1 aromatic heterocycles. The van der Waals surface area contributed by atoms with Crippen LogP contribution in [0.2, 0.25) is 15.1 Å². The normalized spacial score (nSPS) is 11.8. The number of carbonyl (C=O) groups is 1. The maximum Gasteiger partial charge on any atom is 0.319 e. The van der Waals surface area contributed by atoms with Gasteiger partial charge in [0, 0.05) is 10.8 Å². The lowest BCUT2D eigenvalue weighted by Gasteiger charge is -2.18. The zero-order valence-corrected chi connectivity index (χ0v) is 22.0. The second-order valence-corrected chi connectivity index (χ2v) is 9.99. The van der Waals surface area contributed by atoms with Crippen LogP contribution in [0.4, 0.5) is 10.5 Å². The van der Waals surface area contributed by atoms with Crippen molar-refractivity contribution in [2.24, 2.45) is 0 Å². The molecule has 2 amide bonds. The minimum Gasteiger partial charge on any atom is -0.328 e. The van der Waals surface area contributed by atoms with Crippen LogP contribution in [0.1, 0.15) is 29.9 Å². The highest BCUT2D eigenvalue weighted by Crippen LogP contribution is 2.32. The number of nitrogens with one attached hydrogen (secondary N) is 2. The molecule has 6 nitrogen and oxygen atoms in total. The molecule has 2 N–H and O–H groups in total. The van der Waals surface area contributed by atoms with Gasteiger partial charge in [-0.25, -0.2) is 4.79 Å². The number of urea groups is 1. The van der Waals surface area contributed by atoms with E-state index in [0.717, 1.165) is 11.3 Å². The predicted octanol–water partition coefficient (Wildman–Crippen LogP) is 7.71. The Hall–Kier alpha value is -2.71. The summed E-state index contributed by atoms with van der Waals surface area (Å²) >= 11 is 20.3. The van der Waals surface area contributed by atoms with Crippen molar-refractivity contribution < 1.29 is 4.79 Å². The van der Waals surface area contributed by atoms with Crippen molar-refractivity contribution in [3.63, 3.8) is 0 Å². The van der Waals surface area contributed by atoms with Gasteiger partial charge in [-0.15, -0.1) is 10.2 Å². The molecule has 3 aromatic carbocycles. The fourth-order valence-electron chi connectivity index (χ4n) is 3.46. The number of para-hydroxylation sites is 1. The summed E-state index contributed by atoms with van der Waals surface area (Å²) in [5.74, 6) is 1.28. The highest BCUT2D eigenvalue weighted by atomic mass is 35.5. The molecular weight excluding hydrogens is 525 g/mol. The van der Waals surface area contributed by atoms with Crippen LogP contribution in [-0.2, 0) is 5.75 Å². The summed E-state index contributed by atoms with van der Waals surface area (Å²) in [4.78, 5) is 12.8. The smallest absolute Gasteiger partial charge is 0.319 e. The van der Waals surface area contributed by atoms with Crippen molar-refractivity contribution >= 4 is 58.3 Å². The summed E-state index contributed by atoms with van der Waals surface area (Å²) in [6.07, 6.45) is 0. The first-order chi connectivity index (χ1) is 16.8. The fourth-order valence-corrected chi connectivity index (χ4v) is 5.02. The SMILES string of the molecule is Cc1ccc(Cl)cc1-n1c(SCc2ccccc2)nnc1C(C)NC(=O)Nc1c(Cl)cccc1Cl. The Morgan fingerprint density at radius 1 is 1.00 bits per heavy atom. The van der Waals surface area contributed by atoms with Gasteiger partial charge in [-0.1, -0.05) is 89.0 Å². The molecule has 180 valence electrons. The van der Waals surface area contributed by atoms with Gasteiger partial charge in [0.2, 0.25) is 0 Å². The van der Waals surface area contributed by atoms with Gasteiger partial charge >= 0.3 is 6.03 Å². The number of nitrogens with zero attached hydrogens (tertiary/aromatic N) is 3. The molecule has 35 heavy (non-hydrogen) atoms. The second kappa shape index (κ2) is 11.4. The van der Waals surface area contributed by atoms with Crippen LogP contribution in [0, 0.1) is 6.92 Å². The van der Waals surface area contributed by atoms with E-state index < -0.39 is 12.1 Å². The molecule has 0 fully saturated rings. The third kappa shape index (κ3) is 6.11. The number of thioether (sulfide) groups is 1. The first-order valence-electron chi connectivity index (χ1n) is 10.7. The summed E-state index contributed by atoms with van der Waals surface area (Å²) in [6.45, 7) is 3.82. The summed E-state index contributed by atoms with van der Waals surface area (Å²) in [6, 6.07) is 19.8. The van der Waals surface area contributed by atoms with Gasteiger partial charge in [0.25, 0.3) is 0 Å². The van der Waals surface area contributed by atoms with Gasteiger partial charge in [0.05, 0.1) is 27.5 Å². The van der Waals surface area contributed by atoms with E-state index in [1.165, 1.54) is 5.56 Å². The first-order valence-corrected chi connectivity index (χ1v) is 12.9. The quantitative estimate of drug-likeness (QED) is 0.233. The van der Waals surface area contributed by atoms with Gasteiger partial charge < -0.3 is 10.6 Å². The molecule has 0 aliphatic heterocycles. The Morgan fingerprint density at radius 3 is 2.43 bits per heavy atom. The van der Waals surface area contributed by atoms with E-state index >= 15 is 0 Å². The van der Waals surface area contributed by atoms with Crippen LogP contribution in [0.25, 0.3) is 5.69 Å². The maximum absolute atomic E-state index is 12.8. The molecule has 0 aliphatic carbocycles. The summed E-state index contributed by atoms with van der Waals surface area (Å²) in [7, 11) is 0. The standard InChI is InChI=1S/C25H22Cl3N5OS/c1-15-11-12-18(26)13-21(15)33-23(31-32-25(33)35-14-17-7-4-3-5-8-17)16(2)29-24(34)30-22-19(27)9-6-10-20(22)28/h3-13,16H,14H2,1-2H3,(H2,29,30,34). The van der Waals surface area contributed by atoms with Crippen molar-refractivity contribution in [1.29, 1.82) is 0 Å². The highest BCUT2D eigenvalue weighted by Gasteiger charge is 2.23. The third-order valence-corrected chi connectivity index (χ3v) is 7.08. The largest absolute Gasteiger partial charge is 0.328 e. The number of amides is 2. The van der Waals surface area contributed by atoms with Gasteiger partial charge in [-0.3, -0.25) is 4.57 Å². The van der Waals surface area contributed by atoms with Crippen LogP contribution < -0.4 is 10.6 Å². The van der Waals surface area contributed by atoms with E-state index in [1.807, 2.05) is 54.8 Å². The zero-order valence-electron chi connectivity index (χ0n) is 18.9. The van der Waals surface area contributed by atoms with Gasteiger partial charge in [-0.05, 0) is 49.2 Å². The van der Waals surface area contributed by atoms with E-state index in [-0.39, 0.29) is 0 Å². The molecule has 1 heterocycles. The van der Waals surface area contributed by atoms with Crippen LogP contribution in [0.3, 0.4) is 0 Å². The lowest BCUT2D eigenvalue weighted by atomic mass is 10.2.